The van der Waals surface area contributed by atoms with Crippen LogP contribution in [-0.4, -0.2) is 54.2 Å². The molecule has 6 nitrogen and oxygen atoms in total. The van der Waals surface area contributed by atoms with Crippen LogP contribution in [0.15, 0.2) is 18.2 Å². The number of likely N-dealkylation sites (tertiary alicyclic amines) is 1. The molecule has 1 aromatic rings. The van der Waals surface area contributed by atoms with Gasteiger partial charge in [0, 0.05) is 13.0 Å². The standard InChI is InChI=1S/C15H19ClN2O4/c1-9-3-4-12(11(16)5-9)17-14(20)8-18-7-10(19)6-13(18)15(21)22-2/h3-5,10,13,19H,6-8H2,1-2H3,(H,17,20)/t10-,13+/m1/s1. The number of esters is 1. The number of aliphatic hydroxyl groups excluding tert-OH is 1. The van der Waals surface area contributed by atoms with Gasteiger partial charge in [0.25, 0.3) is 0 Å². The number of benzene rings is 1. The molecule has 1 aromatic carbocycles. The summed E-state index contributed by atoms with van der Waals surface area (Å²) in [7, 11) is 1.29. The van der Waals surface area contributed by atoms with E-state index in [0.717, 1.165) is 5.56 Å². The second-order valence-electron chi connectivity index (χ2n) is 5.39. The van der Waals surface area contributed by atoms with Crippen molar-refractivity contribution in [3.63, 3.8) is 0 Å². The quantitative estimate of drug-likeness (QED) is 0.813. The fourth-order valence-corrected chi connectivity index (χ4v) is 2.81. The number of anilines is 1. The number of rotatable bonds is 4. The molecule has 1 amide bonds. The molecule has 2 rings (SSSR count). The first-order chi connectivity index (χ1) is 10.4. The summed E-state index contributed by atoms with van der Waals surface area (Å²) in [6.45, 7) is 2.15. The molecule has 0 radical (unpaired) electrons. The minimum Gasteiger partial charge on any atom is -0.468 e. The van der Waals surface area contributed by atoms with Crippen molar-refractivity contribution >= 4 is 29.2 Å². The average molecular weight is 327 g/mol. The van der Waals surface area contributed by atoms with Crippen molar-refractivity contribution in [1.29, 1.82) is 0 Å². The van der Waals surface area contributed by atoms with E-state index in [4.69, 9.17) is 16.3 Å². The number of nitrogens with one attached hydrogen (secondary N) is 1. The van der Waals surface area contributed by atoms with Crippen LogP contribution in [0.25, 0.3) is 0 Å². The van der Waals surface area contributed by atoms with E-state index >= 15 is 0 Å². The van der Waals surface area contributed by atoms with Crippen LogP contribution in [0.1, 0.15) is 12.0 Å². The average Bonchev–Trinajstić information content (AvgIpc) is 2.81. The van der Waals surface area contributed by atoms with E-state index in [9.17, 15) is 14.7 Å². The van der Waals surface area contributed by atoms with Gasteiger partial charge < -0.3 is 15.2 Å². The van der Waals surface area contributed by atoms with Gasteiger partial charge in [-0.1, -0.05) is 17.7 Å². The first-order valence-corrected chi connectivity index (χ1v) is 7.34. The van der Waals surface area contributed by atoms with Crippen LogP contribution in [0.2, 0.25) is 5.02 Å². The Hall–Kier alpha value is -1.63. The maximum absolute atomic E-state index is 12.1. The van der Waals surface area contributed by atoms with Gasteiger partial charge in [-0.15, -0.1) is 0 Å². The summed E-state index contributed by atoms with van der Waals surface area (Å²) in [5.41, 5.74) is 1.52. The van der Waals surface area contributed by atoms with Gasteiger partial charge in [0.2, 0.25) is 5.91 Å². The minimum absolute atomic E-state index is 0.0129. The van der Waals surface area contributed by atoms with Gasteiger partial charge in [-0.2, -0.15) is 0 Å². The molecule has 0 bridgehead atoms. The molecule has 1 aliphatic heterocycles. The van der Waals surface area contributed by atoms with E-state index in [2.05, 4.69) is 5.32 Å². The van der Waals surface area contributed by atoms with Gasteiger partial charge in [0.1, 0.15) is 6.04 Å². The molecule has 1 aliphatic rings. The minimum atomic E-state index is -0.639. The van der Waals surface area contributed by atoms with Crippen LogP contribution < -0.4 is 5.32 Å². The van der Waals surface area contributed by atoms with Crippen LogP contribution in [0.4, 0.5) is 5.69 Å². The molecule has 1 fully saturated rings. The van der Waals surface area contributed by atoms with Crippen LogP contribution in [0.3, 0.4) is 0 Å². The third-order valence-corrected chi connectivity index (χ3v) is 3.91. The number of aliphatic hydroxyl groups is 1. The molecular formula is C15H19ClN2O4. The molecule has 0 unspecified atom stereocenters. The molecule has 1 saturated heterocycles. The number of carbonyl (C=O) groups is 2. The Balaban J connectivity index is 2.00. The van der Waals surface area contributed by atoms with E-state index in [0.29, 0.717) is 10.7 Å². The van der Waals surface area contributed by atoms with Crippen molar-refractivity contribution in [3.05, 3.63) is 28.8 Å². The number of β-amino-alcohol motifs (C(OH)–C–C–N with tert-alkyl or cyclic N) is 1. The third-order valence-electron chi connectivity index (χ3n) is 3.60. The SMILES string of the molecule is COC(=O)[C@@H]1C[C@@H](O)CN1CC(=O)Nc1ccc(C)cc1Cl. The summed E-state index contributed by atoms with van der Waals surface area (Å²) in [6.07, 6.45) is -0.370. The zero-order valence-electron chi connectivity index (χ0n) is 12.5. The number of aryl methyl sites for hydroxylation is 1. The number of amides is 1. The van der Waals surface area contributed by atoms with Crippen LogP contribution in [0, 0.1) is 6.92 Å². The summed E-state index contributed by atoms with van der Waals surface area (Å²) in [6, 6.07) is 4.73. The van der Waals surface area contributed by atoms with E-state index in [1.54, 1.807) is 17.0 Å². The molecule has 120 valence electrons. The van der Waals surface area contributed by atoms with Crippen LogP contribution in [-0.2, 0) is 14.3 Å². The van der Waals surface area contributed by atoms with E-state index < -0.39 is 18.1 Å². The largest absolute Gasteiger partial charge is 0.468 e. The number of halogens is 1. The lowest BCUT2D eigenvalue weighted by molar-refractivity contribution is -0.146. The third kappa shape index (κ3) is 3.97. The number of methoxy groups -OCH3 is 1. The van der Waals surface area contributed by atoms with Crippen molar-refractivity contribution in [1.82, 2.24) is 4.90 Å². The molecule has 1 heterocycles. The lowest BCUT2D eigenvalue weighted by Gasteiger charge is -2.21. The Kier molecular flexibility index (Phi) is 5.39. The normalized spacial score (nSPS) is 21.6. The van der Waals surface area contributed by atoms with E-state index in [1.807, 2.05) is 13.0 Å². The molecule has 22 heavy (non-hydrogen) atoms. The first kappa shape index (κ1) is 16.7. The van der Waals surface area contributed by atoms with Gasteiger partial charge in [0.05, 0.1) is 30.5 Å². The number of hydrogen-bond acceptors (Lipinski definition) is 5. The molecule has 0 aromatic heterocycles. The second-order valence-corrected chi connectivity index (χ2v) is 5.80. The fourth-order valence-electron chi connectivity index (χ4n) is 2.53. The van der Waals surface area contributed by atoms with Gasteiger partial charge in [-0.05, 0) is 24.6 Å². The van der Waals surface area contributed by atoms with Gasteiger partial charge in [-0.3, -0.25) is 14.5 Å². The Morgan fingerprint density at radius 1 is 1.50 bits per heavy atom. The number of nitrogens with zero attached hydrogens (tertiary/aromatic N) is 1. The zero-order valence-corrected chi connectivity index (χ0v) is 13.3. The fraction of sp³-hybridized carbons (Fsp3) is 0.467. The monoisotopic (exact) mass is 326 g/mol. The van der Waals surface area contributed by atoms with Crippen molar-refractivity contribution < 1.29 is 19.4 Å². The summed E-state index contributed by atoms with van der Waals surface area (Å²) < 4.78 is 4.70. The summed E-state index contributed by atoms with van der Waals surface area (Å²) in [5, 5.41) is 12.9. The topological polar surface area (TPSA) is 78.9 Å². The Morgan fingerprint density at radius 2 is 2.23 bits per heavy atom. The highest BCUT2D eigenvalue weighted by Gasteiger charge is 2.37. The Bertz CT molecular complexity index is 579. The molecule has 2 atom stereocenters. The summed E-state index contributed by atoms with van der Waals surface area (Å²) >= 11 is 6.07. The predicted molar refractivity (Wildman–Crippen MR) is 82.8 cm³/mol. The van der Waals surface area contributed by atoms with Gasteiger partial charge in [-0.25, -0.2) is 0 Å². The van der Waals surface area contributed by atoms with Gasteiger partial charge in [0.15, 0.2) is 0 Å². The highest BCUT2D eigenvalue weighted by atomic mass is 35.5. The lowest BCUT2D eigenvalue weighted by Crippen LogP contribution is -2.41. The zero-order chi connectivity index (χ0) is 16.3. The maximum Gasteiger partial charge on any atom is 0.323 e. The molecule has 0 aliphatic carbocycles. The molecule has 0 saturated carbocycles. The molecular weight excluding hydrogens is 308 g/mol. The Labute approximate surface area is 134 Å². The first-order valence-electron chi connectivity index (χ1n) is 6.96. The van der Waals surface area contributed by atoms with Crippen LogP contribution in [0.5, 0.6) is 0 Å². The highest BCUT2D eigenvalue weighted by molar-refractivity contribution is 6.33. The number of ether oxygens (including phenoxy) is 1. The second kappa shape index (κ2) is 7.09. The smallest absolute Gasteiger partial charge is 0.323 e. The molecule has 2 N–H and O–H groups in total. The number of carbonyl (C=O) groups excluding carboxylic acids is 2. The molecule has 0 spiro atoms. The highest BCUT2D eigenvalue weighted by Crippen LogP contribution is 2.23. The maximum atomic E-state index is 12.1. The Morgan fingerprint density at radius 3 is 2.86 bits per heavy atom. The van der Waals surface area contributed by atoms with Crippen molar-refractivity contribution in [2.24, 2.45) is 0 Å². The predicted octanol–water partition coefficient (Wildman–Crippen LogP) is 1.20. The van der Waals surface area contributed by atoms with Gasteiger partial charge >= 0.3 is 5.97 Å². The molecule has 7 heteroatoms. The number of hydrogen-bond donors (Lipinski definition) is 2. The van der Waals surface area contributed by atoms with Crippen LogP contribution >= 0.6 is 11.6 Å². The van der Waals surface area contributed by atoms with Crippen molar-refractivity contribution in [3.8, 4) is 0 Å². The summed E-state index contributed by atoms with van der Waals surface area (Å²) in [4.78, 5) is 25.4. The van der Waals surface area contributed by atoms with E-state index in [1.165, 1.54) is 7.11 Å². The van der Waals surface area contributed by atoms with Crippen molar-refractivity contribution in [2.75, 3.05) is 25.5 Å². The van der Waals surface area contributed by atoms with E-state index in [-0.39, 0.29) is 25.4 Å². The lowest BCUT2D eigenvalue weighted by atomic mass is 10.2. The summed E-state index contributed by atoms with van der Waals surface area (Å²) in [5.74, 6) is -0.744. The van der Waals surface area contributed by atoms with Crippen molar-refractivity contribution in [2.45, 2.75) is 25.5 Å².